The minimum absolute atomic E-state index is 0.0581. The second-order valence-corrected chi connectivity index (χ2v) is 5.09. The van der Waals surface area contributed by atoms with Crippen LogP contribution in [0.25, 0.3) is 0 Å². The maximum atomic E-state index is 11.7. The second-order valence-electron chi connectivity index (χ2n) is 3.21. The van der Waals surface area contributed by atoms with Crippen molar-refractivity contribution in [2.75, 3.05) is 12.4 Å². The van der Waals surface area contributed by atoms with Crippen LogP contribution in [0.1, 0.15) is 24.2 Å². The highest BCUT2D eigenvalue weighted by Crippen LogP contribution is 2.18. The van der Waals surface area contributed by atoms with Crippen molar-refractivity contribution in [1.82, 2.24) is 0 Å². The predicted octanol–water partition coefficient (Wildman–Crippen LogP) is 1.88. The average molecular weight is 212 g/mol. The molecule has 0 bridgehead atoms. The fourth-order valence-corrected chi connectivity index (χ4v) is 2.49. The summed E-state index contributed by atoms with van der Waals surface area (Å²) in [5.74, 6) is 0.576. The van der Waals surface area contributed by atoms with E-state index in [2.05, 4.69) is 0 Å². The van der Waals surface area contributed by atoms with E-state index < -0.39 is 10.8 Å². The SMILES string of the molecule is CC(c1ccccc1)S(=O)CCCO. The second kappa shape index (κ2) is 5.94. The van der Waals surface area contributed by atoms with E-state index in [1.165, 1.54) is 0 Å². The Labute approximate surface area is 87.4 Å². The minimum atomic E-state index is -0.876. The van der Waals surface area contributed by atoms with Gasteiger partial charge in [-0.15, -0.1) is 0 Å². The molecule has 2 atom stereocenters. The Morgan fingerprint density at radius 2 is 2.00 bits per heavy atom. The van der Waals surface area contributed by atoms with Gasteiger partial charge in [-0.3, -0.25) is 4.21 Å². The molecule has 0 aliphatic heterocycles. The molecule has 0 aliphatic rings. The van der Waals surface area contributed by atoms with Crippen LogP contribution < -0.4 is 0 Å². The molecule has 0 aromatic heterocycles. The zero-order valence-corrected chi connectivity index (χ0v) is 9.17. The van der Waals surface area contributed by atoms with E-state index in [9.17, 15) is 4.21 Å². The average Bonchev–Trinajstić information content (AvgIpc) is 2.26. The van der Waals surface area contributed by atoms with E-state index >= 15 is 0 Å². The Hall–Kier alpha value is -0.670. The number of benzene rings is 1. The quantitative estimate of drug-likeness (QED) is 0.809. The summed E-state index contributed by atoms with van der Waals surface area (Å²) in [7, 11) is -0.876. The molecule has 78 valence electrons. The first-order valence-electron chi connectivity index (χ1n) is 4.78. The molecule has 0 fully saturated rings. The normalized spacial score (nSPS) is 15.0. The lowest BCUT2D eigenvalue weighted by Crippen LogP contribution is -2.07. The van der Waals surface area contributed by atoms with Crippen LogP contribution in [0.2, 0.25) is 0 Å². The molecule has 0 saturated carbocycles. The number of hydrogen-bond donors (Lipinski definition) is 1. The predicted molar refractivity (Wildman–Crippen MR) is 59.6 cm³/mol. The maximum Gasteiger partial charge on any atom is 0.0568 e. The summed E-state index contributed by atoms with van der Waals surface area (Å²) in [6.07, 6.45) is 0.615. The van der Waals surface area contributed by atoms with Crippen molar-refractivity contribution in [2.45, 2.75) is 18.6 Å². The molecule has 0 radical (unpaired) electrons. The molecular formula is C11H16O2S. The highest BCUT2D eigenvalue weighted by Gasteiger charge is 2.11. The molecule has 0 spiro atoms. The van der Waals surface area contributed by atoms with Gasteiger partial charge >= 0.3 is 0 Å². The molecular weight excluding hydrogens is 196 g/mol. The van der Waals surface area contributed by atoms with Crippen molar-refractivity contribution in [3.8, 4) is 0 Å². The van der Waals surface area contributed by atoms with Gasteiger partial charge in [-0.05, 0) is 18.9 Å². The van der Waals surface area contributed by atoms with Crippen LogP contribution in [0.15, 0.2) is 30.3 Å². The van der Waals surface area contributed by atoms with Gasteiger partial charge in [0.1, 0.15) is 0 Å². The number of rotatable bonds is 5. The molecule has 3 heteroatoms. The Kier molecular flexibility index (Phi) is 4.84. The minimum Gasteiger partial charge on any atom is -0.396 e. The standard InChI is InChI=1S/C11H16O2S/c1-10(14(13)9-5-8-12)11-6-3-2-4-7-11/h2-4,6-7,10,12H,5,8-9H2,1H3. The summed E-state index contributed by atoms with van der Waals surface area (Å²) in [6.45, 7) is 2.08. The van der Waals surface area contributed by atoms with Crippen LogP contribution in [0, 0.1) is 0 Å². The first kappa shape index (κ1) is 11.4. The molecule has 0 aliphatic carbocycles. The van der Waals surface area contributed by atoms with Gasteiger partial charge in [0.2, 0.25) is 0 Å². The van der Waals surface area contributed by atoms with Gasteiger partial charge in [0, 0.05) is 23.2 Å². The van der Waals surface area contributed by atoms with Gasteiger partial charge in [0.15, 0.2) is 0 Å². The molecule has 0 heterocycles. The number of aliphatic hydroxyl groups excluding tert-OH is 1. The van der Waals surface area contributed by atoms with E-state index in [0.29, 0.717) is 12.2 Å². The summed E-state index contributed by atoms with van der Waals surface area (Å²) < 4.78 is 11.7. The van der Waals surface area contributed by atoms with Gasteiger partial charge < -0.3 is 5.11 Å². The lowest BCUT2D eigenvalue weighted by atomic mass is 10.2. The molecule has 1 rings (SSSR count). The summed E-state index contributed by atoms with van der Waals surface area (Å²) in [4.78, 5) is 0. The molecule has 2 nitrogen and oxygen atoms in total. The molecule has 2 unspecified atom stereocenters. The smallest absolute Gasteiger partial charge is 0.0568 e. The highest BCUT2D eigenvalue weighted by atomic mass is 32.2. The molecule has 1 aromatic carbocycles. The van der Waals surface area contributed by atoms with E-state index in [1.807, 2.05) is 37.3 Å². The van der Waals surface area contributed by atoms with Crippen molar-refractivity contribution in [2.24, 2.45) is 0 Å². The van der Waals surface area contributed by atoms with Crippen LogP contribution in [0.3, 0.4) is 0 Å². The number of aliphatic hydroxyl groups is 1. The van der Waals surface area contributed by atoms with Crippen molar-refractivity contribution < 1.29 is 9.32 Å². The van der Waals surface area contributed by atoms with Crippen LogP contribution >= 0.6 is 0 Å². The third-order valence-corrected chi connectivity index (χ3v) is 3.92. The van der Waals surface area contributed by atoms with E-state index in [-0.39, 0.29) is 11.9 Å². The highest BCUT2D eigenvalue weighted by molar-refractivity contribution is 7.85. The summed E-state index contributed by atoms with van der Waals surface area (Å²) in [6, 6.07) is 9.83. The third kappa shape index (κ3) is 3.24. The summed E-state index contributed by atoms with van der Waals surface area (Å²) >= 11 is 0. The first-order valence-corrected chi connectivity index (χ1v) is 6.17. The van der Waals surface area contributed by atoms with Crippen LogP contribution in [-0.4, -0.2) is 21.7 Å². The molecule has 1 aromatic rings. The fourth-order valence-electron chi connectivity index (χ4n) is 1.26. The zero-order valence-electron chi connectivity index (χ0n) is 8.35. The Morgan fingerprint density at radius 3 is 2.57 bits per heavy atom. The largest absolute Gasteiger partial charge is 0.396 e. The molecule has 0 saturated heterocycles. The summed E-state index contributed by atoms with van der Waals surface area (Å²) in [5, 5.41) is 8.69. The van der Waals surface area contributed by atoms with E-state index in [0.717, 1.165) is 5.56 Å². The van der Waals surface area contributed by atoms with Crippen LogP contribution in [0.4, 0.5) is 0 Å². The van der Waals surface area contributed by atoms with E-state index in [1.54, 1.807) is 0 Å². The molecule has 0 amide bonds. The van der Waals surface area contributed by atoms with E-state index in [4.69, 9.17) is 5.11 Å². The fraction of sp³-hybridized carbons (Fsp3) is 0.455. The van der Waals surface area contributed by atoms with Crippen LogP contribution in [0.5, 0.6) is 0 Å². The van der Waals surface area contributed by atoms with Gasteiger partial charge in [0.25, 0.3) is 0 Å². The Bertz CT molecular complexity index is 285. The van der Waals surface area contributed by atoms with Crippen molar-refractivity contribution in [1.29, 1.82) is 0 Å². The zero-order chi connectivity index (χ0) is 10.4. The first-order chi connectivity index (χ1) is 6.75. The molecule has 14 heavy (non-hydrogen) atoms. The van der Waals surface area contributed by atoms with Gasteiger partial charge in [-0.1, -0.05) is 30.3 Å². The topological polar surface area (TPSA) is 37.3 Å². The summed E-state index contributed by atoms with van der Waals surface area (Å²) in [5.41, 5.74) is 1.10. The lowest BCUT2D eigenvalue weighted by molar-refractivity contribution is 0.296. The molecule has 1 N–H and O–H groups in total. The van der Waals surface area contributed by atoms with Crippen molar-refractivity contribution in [3.05, 3.63) is 35.9 Å². The van der Waals surface area contributed by atoms with Gasteiger partial charge in [-0.25, -0.2) is 0 Å². The third-order valence-electron chi connectivity index (χ3n) is 2.17. The van der Waals surface area contributed by atoms with Gasteiger partial charge in [0.05, 0.1) is 5.25 Å². The number of hydrogen-bond acceptors (Lipinski definition) is 2. The maximum absolute atomic E-state index is 11.7. The van der Waals surface area contributed by atoms with Crippen molar-refractivity contribution >= 4 is 10.8 Å². The Balaban J connectivity index is 2.57. The Morgan fingerprint density at radius 1 is 1.36 bits per heavy atom. The van der Waals surface area contributed by atoms with Gasteiger partial charge in [-0.2, -0.15) is 0 Å². The van der Waals surface area contributed by atoms with Crippen molar-refractivity contribution in [3.63, 3.8) is 0 Å². The van der Waals surface area contributed by atoms with Crippen LogP contribution in [-0.2, 0) is 10.8 Å². The lowest BCUT2D eigenvalue weighted by Gasteiger charge is -2.10. The monoisotopic (exact) mass is 212 g/mol.